The molecule has 164 valence electrons. The maximum atomic E-state index is 12.5. The number of fused-ring (bicyclic) bond motifs is 1. The number of ether oxygens (including phenoxy) is 3. The summed E-state index contributed by atoms with van der Waals surface area (Å²) in [6, 6.07) is 5.30. The van der Waals surface area contributed by atoms with Crippen LogP contribution in [0.4, 0.5) is 13.2 Å². The van der Waals surface area contributed by atoms with E-state index in [-0.39, 0.29) is 36.8 Å². The van der Waals surface area contributed by atoms with Gasteiger partial charge < -0.3 is 24.8 Å². The molecule has 2 aliphatic heterocycles. The number of aliphatic imine (C=N–C) groups is 1. The Balaban J connectivity index is 0.00000300. The summed E-state index contributed by atoms with van der Waals surface area (Å²) in [4.78, 5) is 5.84. The van der Waals surface area contributed by atoms with Gasteiger partial charge in [0.15, 0.2) is 17.5 Å². The van der Waals surface area contributed by atoms with Crippen LogP contribution in [-0.2, 0) is 0 Å². The molecule has 0 spiro atoms. The minimum Gasteiger partial charge on any atom is -0.492 e. The van der Waals surface area contributed by atoms with E-state index in [0.29, 0.717) is 62.4 Å². The van der Waals surface area contributed by atoms with Crippen molar-refractivity contribution in [2.24, 2.45) is 4.99 Å². The average Bonchev–Trinajstić information content (AvgIpc) is 3.26. The highest BCUT2D eigenvalue weighted by Gasteiger charge is 2.34. The van der Waals surface area contributed by atoms with Crippen LogP contribution in [0.5, 0.6) is 17.2 Å². The number of hydrogen-bond donors (Lipinski definition) is 2. The van der Waals surface area contributed by atoms with Gasteiger partial charge in [0.25, 0.3) is 0 Å². The van der Waals surface area contributed by atoms with E-state index in [1.807, 2.05) is 6.92 Å². The van der Waals surface area contributed by atoms with E-state index in [1.54, 1.807) is 18.2 Å². The third-order valence-corrected chi connectivity index (χ3v) is 4.33. The first-order chi connectivity index (χ1) is 13.4. The zero-order chi connectivity index (χ0) is 20.0. The summed E-state index contributed by atoms with van der Waals surface area (Å²) in [5.74, 6) is 2.59. The van der Waals surface area contributed by atoms with Gasteiger partial charge in [-0.1, -0.05) is 0 Å². The largest absolute Gasteiger partial charge is 0.492 e. The molecule has 11 heteroatoms. The van der Waals surface area contributed by atoms with Crippen LogP contribution < -0.4 is 24.8 Å². The summed E-state index contributed by atoms with van der Waals surface area (Å²) in [5, 5.41) is 6.31. The van der Waals surface area contributed by atoms with E-state index in [0.717, 1.165) is 0 Å². The Labute approximate surface area is 185 Å². The Morgan fingerprint density at radius 2 is 2.10 bits per heavy atom. The number of alkyl halides is 3. The molecule has 1 aromatic rings. The fraction of sp³-hybridized carbons (Fsp3) is 0.611. The predicted molar refractivity (Wildman–Crippen MR) is 113 cm³/mol. The molecule has 1 aromatic carbocycles. The van der Waals surface area contributed by atoms with Crippen molar-refractivity contribution in [1.82, 2.24) is 15.5 Å². The molecule has 1 saturated heterocycles. The monoisotopic (exact) mass is 530 g/mol. The van der Waals surface area contributed by atoms with E-state index < -0.39 is 12.7 Å². The number of nitrogens with zero attached hydrogens (tertiary/aromatic N) is 2. The lowest BCUT2D eigenvalue weighted by Crippen LogP contribution is -2.45. The zero-order valence-corrected chi connectivity index (χ0v) is 18.5. The first-order valence-corrected chi connectivity index (χ1v) is 9.29. The van der Waals surface area contributed by atoms with E-state index >= 15 is 0 Å². The Hall–Kier alpha value is -1.63. The molecule has 0 radical (unpaired) electrons. The molecule has 0 aromatic heterocycles. The number of hydrogen-bond acceptors (Lipinski definition) is 5. The molecule has 2 heterocycles. The highest BCUT2D eigenvalue weighted by molar-refractivity contribution is 14.0. The second-order valence-corrected chi connectivity index (χ2v) is 6.60. The van der Waals surface area contributed by atoms with Gasteiger partial charge >= 0.3 is 6.18 Å². The molecular weight excluding hydrogens is 504 g/mol. The summed E-state index contributed by atoms with van der Waals surface area (Å²) in [7, 11) is 0. The normalized spacial score (nSPS) is 19.0. The molecule has 1 atom stereocenters. The van der Waals surface area contributed by atoms with Crippen molar-refractivity contribution in [3.05, 3.63) is 18.2 Å². The van der Waals surface area contributed by atoms with Crippen LogP contribution in [0.25, 0.3) is 0 Å². The molecule has 1 fully saturated rings. The minimum atomic E-state index is -4.17. The third-order valence-electron chi connectivity index (χ3n) is 4.33. The predicted octanol–water partition coefficient (Wildman–Crippen LogP) is 2.60. The topological polar surface area (TPSA) is 67.4 Å². The molecule has 0 bridgehead atoms. The number of likely N-dealkylation sites (tertiary alicyclic amines) is 1. The van der Waals surface area contributed by atoms with Crippen LogP contribution in [0.1, 0.15) is 13.3 Å². The lowest BCUT2D eigenvalue weighted by Gasteiger charge is -2.19. The molecule has 0 aliphatic carbocycles. The van der Waals surface area contributed by atoms with Gasteiger partial charge in [0, 0.05) is 31.7 Å². The van der Waals surface area contributed by atoms with Crippen LogP contribution in [0, 0.1) is 0 Å². The average molecular weight is 530 g/mol. The van der Waals surface area contributed by atoms with E-state index in [1.165, 1.54) is 4.90 Å². The summed E-state index contributed by atoms with van der Waals surface area (Å²) in [6.07, 6.45) is -3.52. The number of benzene rings is 1. The van der Waals surface area contributed by atoms with E-state index in [4.69, 9.17) is 14.2 Å². The third kappa shape index (κ3) is 7.61. The second-order valence-electron chi connectivity index (χ2n) is 6.60. The summed E-state index contributed by atoms with van der Waals surface area (Å²) in [5.41, 5.74) is 0. The molecule has 1 unspecified atom stereocenters. The molecule has 29 heavy (non-hydrogen) atoms. The summed E-state index contributed by atoms with van der Waals surface area (Å²) >= 11 is 0. The van der Waals surface area contributed by atoms with E-state index in [9.17, 15) is 13.2 Å². The van der Waals surface area contributed by atoms with Crippen molar-refractivity contribution in [2.45, 2.75) is 25.6 Å². The molecule has 2 aliphatic rings. The SMILES string of the molecule is CCNC(=NCCOc1ccc2c(c1)OCO2)NC1CCN(CC(F)(F)F)C1.I. The van der Waals surface area contributed by atoms with E-state index in [2.05, 4.69) is 15.6 Å². The van der Waals surface area contributed by atoms with Gasteiger partial charge in [0.05, 0.1) is 13.1 Å². The maximum absolute atomic E-state index is 12.5. The van der Waals surface area contributed by atoms with Crippen LogP contribution >= 0.6 is 24.0 Å². The van der Waals surface area contributed by atoms with Crippen molar-refractivity contribution < 1.29 is 27.4 Å². The molecule has 2 N–H and O–H groups in total. The van der Waals surface area contributed by atoms with Crippen LogP contribution in [0.2, 0.25) is 0 Å². The zero-order valence-electron chi connectivity index (χ0n) is 16.1. The summed E-state index contributed by atoms with van der Waals surface area (Å²) < 4.78 is 53.8. The number of halogens is 4. The highest BCUT2D eigenvalue weighted by atomic mass is 127. The molecule has 0 saturated carbocycles. The number of nitrogens with one attached hydrogen (secondary N) is 2. The van der Waals surface area contributed by atoms with Crippen LogP contribution in [-0.4, -0.2) is 69.2 Å². The van der Waals surface area contributed by atoms with Crippen molar-refractivity contribution in [3.63, 3.8) is 0 Å². The molecule has 7 nitrogen and oxygen atoms in total. The lowest BCUT2D eigenvalue weighted by atomic mass is 10.3. The maximum Gasteiger partial charge on any atom is 0.401 e. The number of guanidine groups is 1. The molecule has 3 rings (SSSR count). The first-order valence-electron chi connectivity index (χ1n) is 9.29. The quantitative estimate of drug-likeness (QED) is 0.245. The van der Waals surface area contributed by atoms with Gasteiger partial charge in [0.1, 0.15) is 12.4 Å². The van der Waals surface area contributed by atoms with Gasteiger partial charge in [-0.25, -0.2) is 4.99 Å². The lowest BCUT2D eigenvalue weighted by molar-refractivity contribution is -0.143. The van der Waals surface area contributed by atoms with Gasteiger partial charge in [-0.2, -0.15) is 13.2 Å². The summed E-state index contributed by atoms with van der Waals surface area (Å²) in [6.45, 7) is 3.47. The van der Waals surface area contributed by atoms with Gasteiger partial charge in [0.2, 0.25) is 6.79 Å². The second kappa shape index (κ2) is 11.0. The fourth-order valence-electron chi connectivity index (χ4n) is 3.15. The van der Waals surface area contributed by atoms with Gasteiger partial charge in [-0.05, 0) is 25.5 Å². The molecular formula is C18H26F3IN4O3. The fourth-order valence-corrected chi connectivity index (χ4v) is 3.15. The van der Waals surface area contributed by atoms with Crippen LogP contribution in [0.15, 0.2) is 23.2 Å². The van der Waals surface area contributed by atoms with Crippen LogP contribution in [0.3, 0.4) is 0 Å². The molecule has 0 amide bonds. The van der Waals surface area contributed by atoms with Gasteiger partial charge in [-0.15, -0.1) is 24.0 Å². The van der Waals surface area contributed by atoms with Crippen molar-refractivity contribution in [2.75, 3.05) is 46.1 Å². The van der Waals surface area contributed by atoms with Gasteiger partial charge in [-0.3, -0.25) is 4.90 Å². The number of rotatable bonds is 7. The Morgan fingerprint density at radius 3 is 2.86 bits per heavy atom. The minimum absolute atomic E-state index is 0. The Kier molecular flexibility index (Phi) is 8.93. The Bertz CT molecular complexity index is 691. The van der Waals surface area contributed by atoms with Crippen molar-refractivity contribution in [1.29, 1.82) is 0 Å². The standard InChI is InChI=1S/C18H25F3N4O3.HI/c1-2-22-17(24-13-5-7-25(10-13)11-18(19,20)21)23-6-8-26-14-3-4-15-16(9-14)28-12-27-15;/h3-4,9,13H,2,5-8,10-12H2,1H3,(H2,22,23,24);1H. The smallest absolute Gasteiger partial charge is 0.401 e. The first kappa shape index (κ1) is 23.6. The Morgan fingerprint density at radius 1 is 1.31 bits per heavy atom. The highest BCUT2D eigenvalue weighted by Crippen LogP contribution is 2.35. The van der Waals surface area contributed by atoms with Crippen molar-refractivity contribution in [3.8, 4) is 17.2 Å². The van der Waals surface area contributed by atoms with Crippen molar-refractivity contribution >= 4 is 29.9 Å².